The lowest BCUT2D eigenvalue weighted by atomic mass is 10.8. The van der Waals surface area contributed by atoms with E-state index in [0.717, 1.165) is 0 Å². The van der Waals surface area contributed by atoms with E-state index in [1.54, 1.807) is 6.08 Å². The molecule has 0 bridgehead atoms. The zero-order valence-electron chi connectivity index (χ0n) is 4.09. The van der Waals surface area contributed by atoms with E-state index in [-0.39, 0.29) is 0 Å². The molecule has 0 aromatic heterocycles. The summed E-state index contributed by atoms with van der Waals surface area (Å²) in [6, 6.07) is 0. The van der Waals surface area contributed by atoms with Crippen molar-refractivity contribution in [2.45, 2.75) is 0 Å². The van der Waals surface area contributed by atoms with Crippen molar-refractivity contribution in [2.75, 3.05) is 5.88 Å². The van der Waals surface area contributed by atoms with Gasteiger partial charge in [-0.15, -0.1) is 18.2 Å². The molecule has 0 atom stereocenters. The van der Waals surface area contributed by atoms with Gasteiger partial charge in [-0.25, -0.2) is 0 Å². The van der Waals surface area contributed by atoms with Crippen molar-refractivity contribution >= 4 is 17.8 Å². The Morgan fingerprint density at radius 2 is 1.88 bits per heavy atom. The Morgan fingerprint density at radius 3 is 1.88 bits per heavy atom. The quantitative estimate of drug-likeness (QED) is 0.342. The fourth-order valence-corrected chi connectivity index (χ4v) is 0. The second-order valence-corrected chi connectivity index (χ2v) is 1.00. The van der Waals surface area contributed by atoms with Crippen LogP contribution in [0.1, 0.15) is 0 Å². The summed E-state index contributed by atoms with van der Waals surface area (Å²) in [5.74, 6) is 0.556. The largest absolute Gasteiger partial charge is 0.652 e. The highest BCUT2D eigenvalue weighted by molar-refractivity contribution is 6.18. The summed E-state index contributed by atoms with van der Waals surface area (Å²) in [5.41, 5.74) is 0. The Kier molecular flexibility index (Phi) is 12.3. The Hall–Kier alpha value is -0.700. The molecule has 0 N–H and O–H groups in total. The summed E-state index contributed by atoms with van der Waals surface area (Å²) in [6.45, 7) is 3.35. The van der Waals surface area contributed by atoms with Gasteiger partial charge in [0.1, 0.15) is 0 Å². The first kappa shape index (κ1) is 10.3. The van der Waals surface area contributed by atoms with Crippen LogP contribution >= 0.6 is 11.6 Å². The molecule has 4 heteroatoms. The molecule has 0 saturated carbocycles. The lowest BCUT2D eigenvalue weighted by Gasteiger charge is -1.96. The molecule has 0 aromatic carbocycles. The number of carboxylic acid groups (broad SMARTS) is 2. The summed E-state index contributed by atoms with van der Waals surface area (Å²) in [7, 11) is 0. The van der Waals surface area contributed by atoms with E-state index in [0.29, 0.717) is 5.88 Å². The predicted octanol–water partition coefficient (Wildman–Crippen LogP) is -1.04. The third-order valence-electron chi connectivity index (χ3n) is 0.109. The average molecular weight is 137 g/mol. The first-order valence-corrected chi connectivity index (χ1v) is 2.23. The molecule has 0 saturated heterocycles. The predicted molar refractivity (Wildman–Crippen MR) is 26.3 cm³/mol. The maximum Gasteiger partial charge on any atom is 0.0401 e. The van der Waals surface area contributed by atoms with Gasteiger partial charge in [0, 0.05) is 5.88 Å². The van der Waals surface area contributed by atoms with Crippen molar-refractivity contribution in [1.82, 2.24) is 0 Å². The first-order valence-electron chi connectivity index (χ1n) is 1.70. The fourth-order valence-electron chi connectivity index (χ4n) is 0. The second-order valence-electron chi connectivity index (χ2n) is 0.693. The third kappa shape index (κ3) is 1090. The van der Waals surface area contributed by atoms with Gasteiger partial charge < -0.3 is 15.0 Å². The monoisotopic (exact) mass is 136 g/mol. The van der Waals surface area contributed by atoms with E-state index < -0.39 is 6.16 Å². The SMILES string of the molecule is C=CCCl.O=C([O-])[O-]. The molecule has 0 aliphatic rings. The van der Waals surface area contributed by atoms with Gasteiger partial charge in [-0.2, -0.15) is 0 Å². The number of allylic oxidation sites excluding steroid dienone is 1. The Bertz CT molecular complexity index is 67.7. The zero-order chi connectivity index (χ0) is 6.99. The summed E-state index contributed by atoms with van der Waals surface area (Å²) in [5, 5.41) is 16.7. The van der Waals surface area contributed by atoms with Crippen LogP contribution in [0.5, 0.6) is 0 Å². The van der Waals surface area contributed by atoms with Gasteiger partial charge in [0.05, 0.1) is 0 Å². The highest BCUT2D eigenvalue weighted by Gasteiger charge is 1.48. The van der Waals surface area contributed by atoms with Gasteiger partial charge in [0.15, 0.2) is 0 Å². The lowest BCUT2D eigenvalue weighted by molar-refractivity contribution is -0.415. The summed E-state index contributed by atoms with van der Waals surface area (Å²) in [4.78, 5) is 8.33. The molecule has 0 spiro atoms. The third-order valence-corrected chi connectivity index (χ3v) is 0.327. The van der Waals surface area contributed by atoms with Gasteiger partial charge >= 0.3 is 0 Å². The molecule has 0 heterocycles. The highest BCUT2D eigenvalue weighted by atomic mass is 35.5. The maximum atomic E-state index is 8.33. The minimum atomic E-state index is -2.33. The van der Waals surface area contributed by atoms with E-state index in [1.807, 2.05) is 0 Å². The van der Waals surface area contributed by atoms with Crippen LogP contribution in [0.15, 0.2) is 12.7 Å². The first-order chi connectivity index (χ1) is 3.65. The van der Waals surface area contributed by atoms with Gasteiger partial charge in [-0.05, 0) is 6.16 Å². The standard InChI is InChI=1S/C3H5Cl.CH2O3/c1-2-3-4;2-1(3)4/h2H,1,3H2;(H2,2,3,4)/p-2. The van der Waals surface area contributed by atoms with Crippen LogP contribution in [0.2, 0.25) is 0 Å². The second kappa shape index (κ2) is 9.57. The van der Waals surface area contributed by atoms with Crippen LogP contribution < -0.4 is 10.2 Å². The molecular weight excluding hydrogens is 131 g/mol. The maximum absolute atomic E-state index is 8.33. The molecule has 0 radical (unpaired) electrons. The lowest BCUT2D eigenvalue weighted by Crippen LogP contribution is -2.37. The molecule has 0 fully saturated rings. The summed E-state index contributed by atoms with van der Waals surface area (Å²) >= 11 is 5.07. The van der Waals surface area contributed by atoms with Crippen molar-refractivity contribution in [2.24, 2.45) is 0 Å². The molecule has 0 aliphatic carbocycles. The van der Waals surface area contributed by atoms with E-state index >= 15 is 0 Å². The van der Waals surface area contributed by atoms with Gasteiger partial charge in [-0.1, -0.05) is 6.08 Å². The molecule has 8 heavy (non-hydrogen) atoms. The Labute approximate surface area is 52.2 Å². The molecule has 3 nitrogen and oxygen atoms in total. The van der Waals surface area contributed by atoms with Gasteiger partial charge in [0.25, 0.3) is 0 Å². The highest BCUT2D eigenvalue weighted by Crippen LogP contribution is 1.67. The van der Waals surface area contributed by atoms with Crippen LogP contribution in [0.25, 0.3) is 0 Å². The van der Waals surface area contributed by atoms with Crippen LogP contribution in [-0.2, 0) is 0 Å². The van der Waals surface area contributed by atoms with Crippen LogP contribution in [-0.4, -0.2) is 12.0 Å². The molecule has 0 unspecified atom stereocenters. The van der Waals surface area contributed by atoms with Crippen LogP contribution in [0, 0.1) is 0 Å². The van der Waals surface area contributed by atoms with E-state index in [1.165, 1.54) is 0 Å². The number of halogens is 1. The molecule has 0 aromatic rings. The number of carbonyl (C=O) groups is 1. The molecule has 0 aliphatic heterocycles. The number of alkyl halides is 1. The normalized spacial score (nSPS) is 6.12. The van der Waals surface area contributed by atoms with E-state index in [4.69, 9.17) is 26.6 Å². The van der Waals surface area contributed by atoms with Crippen molar-refractivity contribution in [3.63, 3.8) is 0 Å². The average Bonchev–Trinajstić information content (AvgIpc) is 1.65. The van der Waals surface area contributed by atoms with Crippen LogP contribution in [0.4, 0.5) is 4.79 Å². The minimum absolute atomic E-state index is 0.556. The Morgan fingerprint density at radius 1 is 1.75 bits per heavy atom. The zero-order valence-corrected chi connectivity index (χ0v) is 4.85. The van der Waals surface area contributed by atoms with E-state index in [2.05, 4.69) is 6.58 Å². The number of rotatable bonds is 1. The summed E-state index contributed by atoms with van der Waals surface area (Å²) in [6.07, 6.45) is -0.693. The topological polar surface area (TPSA) is 63.2 Å². The van der Waals surface area contributed by atoms with E-state index in [9.17, 15) is 0 Å². The fraction of sp³-hybridized carbons (Fsp3) is 0.250. The number of hydrogen-bond donors (Lipinski definition) is 0. The van der Waals surface area contributed by atoms with Gasteiger partial charge in [-0.3, -0.25) is 0 Å². The van der Waals surface area contributed by atoms with Crippen LogP contribution in [0.3, 0.4) is 0 Å². The molecule has 0 rings (SSSR count). The van der Waals surface area contributed by atoms with Crippen molar-refractivity contribution in [3.05, 3.63) is 12.7 Å². The Balaban J connectivity index is 0. The number of hydrogen-bond acceptors (Lipinski definition) is 3. The minimum Gasteiger partial charge on any atom is -0.652 e. The molecule has 0 amide bonds. The van der Waals surface area contributed by atoms with Crippen molar-refractivity contribution in [1.29, 1.82) is 0 Å². The molecule has 48 valence electrons. The molecular formula is C4H5ClO3-2. The summed E-state index contributed by atoms with van der Waals surface area (Å²) < 4.78 is 0. The smallest absolute Gasteiger partial charge is 0.0401 e. The van der Waals surface area contributed by atoms with Gasteiger partial charge in [0.2, 0.25) is 0 Å². The van der Waals surface area contributed by atoms with Crippen molar-refractivity contribution in [3.8, 4) is 0 Å². The van der Waals surface area contributed by atoms with Crippen molar-refractivity contribution < 1.29 is 15.0 Å². The number of carbonyl (C=O) groups excluding carboxylic acids is 1.